The number of aromatic nitrogens is 2. The molecule has 0 spiro atoms. The Hall–Kier alpha value is -2.06. The van der Waals surface area contributed by atoms with E-state index in [1.54, 1.807) is 14.1 Å². The highest BCUT2D eigenvalue weighted by molar-refractivity contribution is 5.78. The molecule has 1 fully saturated rings. The van der Waals surface area contributed by atoms with E-state index in [2.05, 4.69) is 15.3 Å². The minimum Gasteiger partial charge on any atom is -0.369 e. The largest absolute Gasteiger partial charge is 0.433 e. The van der Waals surface area contributed by atoms with Crippen LogP contribution in [0.15, 0.2) is 6.07 Å². The van der Waals surface area contributed by atoms with Crippen molar-refractivity contribution in [3.63, 3.8) is 0 Å². The molecule has 1 heterocycles. The summed E-state index contributed by atoms with van der Waals surface area (Å²) in [4.78, 5) is 20.6. The van der Waals surface area contributed by atoms with Gasteiger partial charge in [-0.1, -0.05) is 12.8 Å². The predicted molar refractivity (Wildman–Crippen MR) is 79.9 cm³/mol. The van der Waals surface area contributed by atoms with Crippen LogP contribution in [0.5, 0.6) is 0 Å². The molecule has 6 nitrogen and oxygen atoms in total. The summed E-state index contributed by atoms with van der Waals surface area (Å²) in [6.07, 6.45) is -1.56. The first kappa shape index (κ1) is 17.3. The van der Waals surface area contributed by atoms with Gasteiger partial charge < -0.3 is 16.0 Å². The van der Waals surface area contributed by atoms with E-state index in [-0.39, 0.29) is 17.8 Å². The topological polar surface area (TPSA) is 84.1 Å². The van der Waals surface area contributed by atoms with E-state index in [9.17, 15) is 18.0 Å². The number of amides is 1. The minimum absolute atomic E-state index is 0.137. The maximum Gasteiger partial charge on any atom is 0.433 e. The van der Waals surface area contributed by atoms with Crippen molar-refractivity contribution >= 4 is 17.7 Å². The first-order chi connectivity index (χ1) is 10.7. The third-order valence-corrected chi connectivity index (χ3v) is 3.91. The summed E-state index contributed by atoms with van der Waals surface area (Å²) >= 11 is 0. The molecule has 1 saturated carbocycles. The van der Waals surface area contributed by atoms with E-state index in [0.29, 0.717) is 12.8 Å². The van der Waals surface area contributed by atoms with Crippen LogP contribution < -0.4 is 16.0 Å². The SMILES string of the molecule is CN(C)c1cc(C(F)(F)F)nc(NC2CCCCC2C(N)=O)n1. The number of nitrogens with two attached hydrogens (primary N) is 1. The van der Waals surface area contributed by atoms with Gasteiger partial charge in [0.05, 0.1) is 5.92 Å². The number of carbonyl (C=O) groups is 1. The fraction of sp³-hybridized carbons (Fsp3) is 0.643. The first-order valence-corrected chi connectivity index (χ1v) is 7.38. The molecular weight excluding hydrogens is 311 g/mol. The number of nitrogens with one attached hydrogen (secondary N) is 1. The lowest BCUT2D eigenvalue weighted by atomic mass is 9.84. The molecule has 1 aliphatic rings. The lowest BCUT2D eigenvalue weighted by Crippen LogP contribution is -2.41. The smallest absolute Gasteiger partial charge is 0.369 e. The van der Waals surface area contributed by atoms with Gasteiger partial charge in [0.2, 0.25) is 11.9 Å². The summed E-state index contributed by atoms with van der Waals surface area (Å²) < 4.78 is 39.0. The number of anilines is 2. The normalized spacial score (nSPS) is 21.8. The molecule has 2 unspecified atom stereocenters. The van der Waals surface area contributed by atoms with E-state index >= 15 is 0 Å². The lowest BCUT2D eigenvalue weighted by molar-refractivity contribution is -0.141. The second-order valence-corrected chi connectivity index (χ2v) is 5.87. The van der Waals surface area contributed by atoms with Crippen molar-refractivity contribution in [2.75, 3.05) is 24.3 Å². The van der Waals surface area contributed by atoms with E-state index in [1.165, 1.54) is 4.90 Å². The van der Waals surface area contributed by atoms with Crippen LogP contribution in [0, 0.1) is 5.92 Å². The predicted octanol–water partition coefficient (Wildman–Crippen LogP) is 2.02. The average molecular weight is 331 g/mol. The zero-order valence-corrected chi connectivity index (χ0v) is 13.0. The van der Waals surface area contributed by atoms with Gasteiger partial charge in [0.25, 0.3) is 0 Å². The van der Waals surface area contributed by atoms with Crippen LogP contribution in [0.2, 0.25) is 0 Å². The highest BCUT2D eigenvalue weighted by atomic mass is 19.4. The Morgan fingerprint density at radius 3 is 2.52 bits per heavy atom. The van der Waals surface area contributed by atoms with E-state index in [4.69, 9.17) is 5.73 Å². The summed E-state index contributed by atoms with van der Waals surface area (Å²) in [7, 11) is 3.19. The Morgan fingerprint density at radius 2 is 1.96 bits per heavy atom. The summed E-state index contributed by atoms with van der Waals surface area (Å²) in [6, 6.07) is 0.539. The molecule has 9 heteroatoms. The number of primary amides is 1. The van der Waals surface area contributed by atoms with Crippen LogP contribution in [-0.4, -0.2) is 36.0 Å². The molecule has 1 aliphatic carbocycles. The number of alkyl halides is 3. The van der Waals surface area contributed by atoms with Crippen molar-refractivity contribution in [1.29, 1.82) is 0 Å². The number of hydrogen-bond donors (Lipinski definition) is 2. The van der Waals surface area contributed by atoms with Crippen LogP contribution in [0.25, 0.3) is 0 Å². The van der Waals surface area contributed by atoms with Crippen molar-refractivity contribution in [1.82, 2.24) is 9.97 Å². The monoisotopic (exact) mass is 331 g/mol. The summed E-state index contributed by atoms with van der Waals surface area (Å²) in [5, 5.41) is 2.87. The van der Waals surface area contributed by atoms with Crippen molar-refractivity contribution in [3.8, 4) is 0 Å². The quantitative estimate of drug-likeness (QED) is 0.882. The fourth-order valence-electron chi connectivity index (χ4n) is 2.68. The van der Waals surface area contributed by atoms with Crippen LogP contribution >= 0.6 is 0 Å². The Balaban J connectivity index is 2.30. The Morgan fingerprint density at radius 1 is 1.30 bits per heavy atom. The first-order valence-electron chi connectivity index (χ1n) is 7.38. The molecule has 0 aromatic carbocycles. The molecule has 1 aromatic heterocycles. The Bertz CT molecular complexity index is 576. The van der Waals surface area contributed by atoms with Gasteiger partial charge in [0.15, 0.2) is 5.69 Å². The molecule has 0 aliphatic heterocycles. The molecular formula is C14H20F3N5O. The van der Waals surface area contributed by atoms with E-state index in [1.807, 2.05) is 0 Å². The number of halogens is 3. The third kappa shape index (κ3) is 4.23. The molecule has 128 valence electrons. The number of carbonyl (C=O) groups excluding carboxylic acids is 1. The molecule has 0 saturated heterocycles. The standard InChI is InChI=1S/C14H20F3N5O/c1-22(2)11-7-10(14(15,16)17)20-13(21-11)19-9-6-4-3-5-8(9)12(18)23/h7-9H,3-6H2,1-2H3,(H2,18,23)(H,19,20,21). The zero-order chi connectivity index (χ0) is 17.2. The maximum absolute atomic E-state index is 13.0. The van der Waals surface area contributed by atoms with Gasteiger partial charge in [0, 0.05) is 26.2 Å². The maximum atomic E-state index is 13.0. The molecule has 3 N–H and O–H groups in total. The van der Waals surface area contributed by atoms with Crippen molar-refractivity contribution < 1.29 is 18.0 Å². The summed E-state index contributed by atoms with van der Waals surface area (Å²) in [6.45, 7) is 0. The van der Waals surface area contributed by atoms with Gasteiger partial charge in [-0.15, -0.1) is 0 Å². The van der Waals surface area contributed by atoms with Crippen LogP contribution in [-0.2, 0) is 11.0 Å². The summed E-state index contributed by atoms with van der Waals surface area (Å²) in [5.74, 6) is -0.880. The lowest BCUT2D eigenvalue weighted by Gasteiger charge is -2.30. The second kappa shape index (κ2) is 6.59. The van der Waals surface area contributed by atoms with Gasteiger partial charge in [0.1, 0.15) is 5.82 Å². The molecule has 2 rings (SSSR count). The van der Waals surface area contributed by atoms with Gasteiger partial charge in [-0.2, -0.15) is 18.2 Å². The highest BCUT2D eigenvalue weighted by Gasteiger charge is 2.35. The average Bonchev–Trinajstić information content (AvgIpc) is 2.46. The fourth-order valence-corrected chi connectivity index (χ4v) is 2.68. The molecule has 1 aromatic rings. The summed E-state index contributed by atoms with van der Waals surface area (Å²) in [5.41, 5.74) is 4.36. The Labute approximate surface area is 132 Å². The molecule has 2 atom stereocenters. The van der Waals surface area contributed by atoms with Crippen LogP contribution in [0.1, 0.15) is 31.4 Å². The second-order valence-electron chi connectivity index (χ2n) is 5.87. The van der Waals surface area contributed by atoms with Gasteiger partial charge in [-0.3, -0.25) is 4.79 Å². The third-order valence-electron chi connectivity index (χ3n) is 3.91. The van der Waals surface area contributed by atoms with Crippen molar-refractivity contribution in [3.05, 3.63) is 11.8 Å². The van der Waals surface area contributed by atoms with Gasteiger partial charge in [-0.05, 0) is 12.8 Å². The van der Waals surface area contributed by atoms with Crippen LogP contribution in [0.4, 0.5) is 24.9 Å². The molecule has 0 radical (unpaired) electrons. The van der Waals surface area contributed by atoms with Gasteiger partial charge >= 0.3 is 6.18 Å². The Kier molecular flexibility index (Phi) is 4.96. The zero-order valence-electron chi connectivity index (χ0n) is 13.0. The van der Waals surface area contributed by atoms with Crippen LogP contribution in [0.3, 0.4) is 0 Å². The van der Waals surface area contributed by atoms with Crippen molar-refractivity contribution in [2.45, 2.75) is 37.9 Å². The number of rotatable bonds is 4. The number of hydrogen-bond acceptors (Lipinski definition) is 5. The van der Waals surface area contributed by atoms with E-state index in [0.717, 1.165) is 18.9 Å². The van der Waals surface area contributed by atoms with Crippen molar-refractivity contribution in [2.24, 2.45) is 11.7 Å². The number of nitrogens with zero attached hydrogens (tertiary/aromatic N) is 3. The molecule has 1 amide bonds. The van der Waals surface area contributed by atoms with Gasteiger partial charge in [-0.25, -0.2) is 4.98 Å². The highest BCUT2D eigenvalue weighted by Crippen LogP contribution is 2.31. The van der Waals surface area contributed by atoms with E-state index < -0.39 is 23.7 Å². The molecule has 23 heavy (non-hydrogen) atoms. The molecule has 0 bridgehead atoms. The minimum atomic E-state index is -4.57.